The molecule has 35 heavy (non-hydrogen) atoms. The predicted molar refractivity (Wildman–Crippen MR) is 138 cm³/mol. The Balaban J connectivity index is 1.44. The molecule has 1 aliphatic heterocycles. The molecule has 0 saturated carbocycles. The maximum Gasteiger partial charge on any atom is 0.310 e. The summed E-state index contributed by atoms with van der Waals surface area (Å²) in [6.07, 6.45) is 2.56. The number of aromatic nitrogens is 2. The second-order valence-electron chi connectivity index (χ2n) is 8.41. The number of amides is 1. The fourth-order valence-electron chi connectivity index (χ4n) is 4.25. The van der Waals surface area contributed by atoms with E-state index in [0.717, 1.165) is 12.8 Å². The van der Waals surface area contributed by atoms with Crippen molar-refractivity contribution in [1.82, 2.24) is 14.5 Å². The third kappa shape index (κ3) is 6.05. The minimum Gasteiger partial charge on any atom is -0.466 e. The summed E-state index contributed by atoms with van der Waals surface area (Å²) in [5.74, 6) is 0.197. The van der Waals surface area contributed by atoms with Gasteiger partial charge < -0.3 is 9.64 Å². The molecule has 1 aromatic heterocycles. The van der Waals surface area contributed by atoms with E-state index in [1.165, 1.54) is 11.8 Å². The van der Waals surface area contributed by atoms with Gasteiger partial charge >= 0.3 is 5.97 Å². The second kappa shape index (κ2) is 11.7. The van der Waals surface area contributed by atoms with Gasteiger partial charge in [-0.2, -0.15) is 0 Å². The van der Waals surface area contributed by atoms with Crippen LogP contribution in [0.4, 0.5) is 0 Å². The topological polar surface area (TPSA) is 81.5 Å². The number of piperidine rings is 1. The van der Waals surface area contributed by atoms with Crippen molar-refractivity contribution in [3.63, 3.8) is 0 Å². The highest BCUT2D eigenvalue weighted by Crippen LogP contribution is 2.24. The molecule has 3 aromatic rings. The van der Waals surface area contributed by atoms with Crippen molar-refractivity contribution in [2.75, 3.05) is 25.4 Å². The summed E-state index contributed by atoms with van der Waals surface area (Å²) in [7, 11) is 0. The van der Waals surface area contributed by atoms with Crippen LogP contribution in [0.5, 0.6) is 0 Å². The summed E-state index contributed by atoms with van der Waals surface area (Å²) in [6.45, 7) is 3.23. The number of hydrogen-bond donors (Lipinski definition) is 0. The first-order valence-electron chi connectivity index (χ1n) is 11.8. The molecule has 4 rings (SSSR count). The van der Waals surface area contributed by atoms with Crippen LogP contribution in [0.25, 0.3) is 16.6 Å². The normalized spacial score (nSPS) is 15.8. The van der Waals surface area contributed by atoms with Gasteiger partial charge in [0.2, 0.25) is 5.91 Å². The van der Waals surface area contributed by atoms with Gasteiger partial charge in [-0.1, -0.05) is 41.6 Å². The Bertz CT molecular complexity index is 1280. The maximum atomic E-state index is 13.3. The van der Waals surface area contributed by atoms with E-state index >= 15 is 0 Å². The predicted octanol–water partition coefficient (Wildman–Crippen LogP) is 4.71. The van der Waals surface area contributed by atoms with Gasteiger partial charge in [0.05, 0.1) is 29.1 Å². The Hall–Kier alpha value is -2.84. The summed E-state index contributed by atoms with van der Waals surface area (Å²) in [4.78, 5) is 44.6. The molecule has 7 nitrogen and oxygen atoms in total. The highest BCUT2D eigenvalue weighted by Gasteiger charge is 2.29. The van der Waals surface area contributed by atoms with Crippen LogP contribution in [0.15, 0.2) is 58.5 Å². The minimum absolute atomic E-state index is 0.0401. The monoisotopic (exact) mass is 513 g/mol. The van der Waals surface area contributed by atoms with Gasteiger partial charge in [-0.3, -0.25) is 19.0 Å². The highest BCUT2D eigenvalue weighted by atomic mass is 35.5. The first kappa shape index (κ1) is 25.3. The molecule has 0 radical (unpaired) electrons. The molecule has 2 aromatic carbocycles. The Labute approximate surface area is 213 Å². The van der Waals surface area contributed by atoms with Gasteiger partial charge in [0.25, 0.3) is 5.56 Å². The van der Waals surface area contributed by atoms with Crippen LogP contribution < -0.4 is 5.56 Å². The molecule has 1 amide bonds. The number of hydrogen-bond acceptors (Lipinski definition) is 6. The lowest BCUT2D eigenvalue weighted by Crippen LogP contribution is -2.42. The number of esters is 1. The van der Waals surface area contributed by atoms with Gasteiger partial charge in [-0.15, -0.1) is 0 Å². The summed E-state index contributed by atoms with van der Waals surface area (Å²) in [6, 6.07) is 14.4. The Morgan fingerprint density at radius 3 is 2.83 bits per heavy atom. The van der Waals surface area contributed by atoms with Crippen molar-refractivity contribution >= 4 is 46.1 Å². The number of nitrogens with zero attached hydrogens (tertiary/aromatic N) is 3. The minimum atomic E-state index is -0.240. The van der Waals surface area contributed by atoms with Crippen molar-refractivity contribution in [1.29, 1.82) is 0 Å². The standard InChI is InChI=1S/C26H28ClN3O4S/c1-2-34-25(33)18-8-6-14-29(17-18)23(31)13-7-15-35-26-28-22-12-4-3-11-21(22)24(32)30(26)20-10-5-9-19(27)16-20/h3-5,9-12,16,18H,2,6-8,13-15,17H2,1H3. The molecule has 1 fully saturated rings. The van der Waals surface area contributed by atoms with Gasteiger partial charge in [-0.05, 0) is 56.5 Å². The number of carbonyl (C=O) groups is 2. The van der Waals surface area contributed by atoms with Gasteiger partial charge in [0.1, 0.15) is 0 Å². The summed E-state index contributed by atoms with van der Waals surface area (Å²) in [5.41, 5.74) is 1.13. The molecule has 1 unspecified atom stereocenters. The van der Waals surface area contributed by atoms with Gasteiger partial charge in [-0.25, -0.2) is 4.98 Å². The number of halogens is 1. The van der Waals surface area contributed by atoms with Crippen molar-refractivity contribution < 1.29 is 14.3 Å². The molecule has 184 valence electrons. The van der Waals surface area contributed by atoms with E-state index in [-0.39, 0.29) is 23.4 Å². The lowest BCUT2D eigenvalue weighted by Gasteiger charge is -2.31. The Morgan fingerprint density at radius 1 is 1.20 bits per heavy atom. The molecule has 1 aliphatic rings. The molecule has 2 heterocycles. The van der Waals surface area contributed by atoms with Gasteiger partial charge in [0.15, 0.2) is 5.16 Å². The number of fused-ring (bicyclic) bond motifs is 1. The maximum absolute atomic E-state index is 13.3. The fraction of sp³-hybridized carbons (Fsp3) is 0.385. The lowest BCUT2D eigenvalue weighted by atomic mass is 9.98. The third-order valence-corrected chi connectivity index (χ3v) is 7.23. The van der Waals surface area contributed by atoms with Crippen molar-refractivity contribution in [2.24, 2.45) is 5.92 Å². The fourth-order valence-corrected chi connectivity index (χ4v) is 5.39. The number of likely N-dealkylation sites (tertiary alicyclic amines) is 1. The van der Waals surface area contributed by atoms with Crippen LogP contribution >= 0.6 is 23.4 Å². The zero-order valence-corrected chi connectivity index (χ0v) is 21.2. The SMILES string of the molecule is CCOC(=O)C1CCCN(C(=O)CCCSc2nc3ccccc3c(=O)n2-c2cccc(Cl)c2)C1. The molecular weight excluding hydrogens is 486 g/mol. The smallest absolute Gasteiger partial charge is 0.310 e. The second-order valence-corrected chi connectivity index (χ2v) is 9.91. The number of thioether (sulfide) groups is 1. The van der Waals surface area contributed by atoms with Crippen LogP contribution in [0.3, 0.4) is 0 Å². The van der Waals surface area contributed by atoms with Crippen LogP contribution in [0.1, 0.15) is 32.6 Å². The molecule has 0 spiro atoms. The van der Waals surface area contributed by atoms with Crippen LogP contribution in [0.2, 0.25) is 5.02 Å². The van der Waals surface area contributed by atoms with Crippen LogP contribution in [-0.2, 0) is 14.3 Å². The third-order valence-electron chi connectivity index (χ3n) is 5.97. The summed E-state index contributed by atoms with van der Waals surface area (Å²) >= 11 is 7.63. The molecule has 1 saturated heterocycles. The summed E-state index contributed by atoms with van der Waals surface area (Å²) < 4.78 is 6.71. The first-order chi connectivity index (χ1) is 17.0. The zero-order chi connectivity index (χ0) is 24.8. The average molecular weight is 514 g/mol. The number of para-hydroxylation sites is 1. The number of rotatable bonds is 8. The van der Waals surface area contributed by atoms with E-state index in [9.17, 15) is 14.4 Å². The van der Waals surface area contributed by atoms with E-state index in [4.69, 9.17) is 21.3 Å². The zero-order valence-electron chi connectivity index (χ0n) is 19.6. The molecule has 0 aliphatic carbocycles. The number of carbonyl (C=O) groups excluding carboxylic acids is 2. The first-order valence-corrected chi connectivity index (χ1v) is 13.2. The largest absolute Gasteiger partial charge is 0.466 e. The molecular formula is C26H28ClN3O4S. The summed E-state index contributed by atoms with van der Waals surface area (Å²) in [5, 5.41) is 1.63. The Kier molecular flexibility index (Phi) is 8.46. The van der Waals surface area contributed by atoms with E-state index in [1.807, 2.05) is 24.3 Å². The van der Waals surface area contributed by atoms with Crippen molar-refractivity contribution in [3.05, 3.63) is 63.9 Å². The van der Waals surface area contributed by atoms with E-state index in [1.54, 1.807) is 40.7 Å². The van der Waals surface area contributed by atoms with E-state index in [0.29, 0.717) is 65.1 Å². The highest BCUT2D eigenvalue weighted by molar-refractivity contribution is 7.99. The quantitative estimate of drug-likeness (QED) is 0.188. The number of ether oxygens (including phenoxy) is 1. The molecule has 1 atom stereocenters. The van der Waals surface area contributed by atoms with Gasteiger partial charge in [0, 0.05) is 30.3 Å². The average Bonchev–Trinajstić information content (AvgIpc) is 2.87. The van der Waals surface area contributed by atoms with Crippen LogP contribution in [-0.4, -0.2) is 51.8 Å². The molecule has 0 bridgehead atoms. The lowest BCUT2D eigenvalue weighted by molar-refractivity contribution is -0.151. The van der Waals surface area contributed by atoms with E-state index < -0.39 is 0 Å². The Morgan fingerprint density at radius 2 is 2.03 bits per heavy atom. The van der Waals surface area contributed by atoms with Crippen molar-refractivity contribution in [3.8, 4) is 5.69 Å². The van der Waals surface area contributed by atoms with E-state index in [2.05, 4.69) is 0 Å². The molecule has 0 N–H and O–H groups in total. The number of benzene rings is 2. The molecule has 9 heteroatoms. The van der Waals surface area contributed by atoms with Crippen LogP contribution in [0, 0.1) is 5.92 Å². The van der Waals surface area contributed by atoms with Crippen molar-refractivity contribution in [2.45, 2.75) is 37.8 Å².